The van der Waals surface area contributed by atoms with Crippen molar-refractivity contribution < 1.29 is 9.84 Å². The molecule has 3 atom stereocenters. The van der Waals surface area contributed by atoms with Gasteiger partial charge in [-0.1, -0.05) is 19.3 Å². The Balaban J connectivity index is 1.86. The van der Waals surface area contributed by atoms with Crippen molar-refractivity contribution in [3.63, 3.8) is 0 Å². The zero-order valence-corrected chi connectivity index (χ0v) is 13.2. The van der Waals surface area contributed by atoms with Crippen LogP contribution in [0.15, 0.2) is 0 Å². The van der Waals surface area contributed by atoms with Crippen LogP contribution in [0.25, 0.3) is 0 Å². The molecule has 2 fully saturated rings. The topological polar surface area (TPSA) is 41.5 Å². The normalized spacial score (nSPS) is 30.2. The minimum atomic E-state index is 0.169. The molecule has 0 aromatic heterocycles. The van der Waals surface area contributed by atoms with Crippen molar-refractivity contribution in [2.75, 3.05) is 19.5 Å². The van der Waals surface area contributed by atoms with Gasteiger partial charge in [-0.05, 0) is 38.9 Å². The zero-order chi connectivity index (χ0) is 13.7. The number of nitrogens with one attached hydrogen (secondary N) is 1. The summed E-state index contributed by atoms with van der Waals surface area (Å²) < 4.78 is 6.14. The van der Waals surface area contributed by atoms with Crippen LogP contribution in [0.2, 0.25) is 0 Å². The Morgan fingerprint density at radius 3 is 2.74 bits per heavy atom. The maximum atomic E-state index is 9.38. The summed E-state index contributed by atoms with van der Waals surface area (Å²) in [6, 6.07) is 0.923. The van der Waals surface area contributed by atoms with Crippen molar-refractivity contribution in [1.82, 2.24) is 5.32 Å². The Kier molecular flexibility index (Phi) is 6.00. The molecule has 2 aliphatic rings. The van der Waals surface area contributed by atoms with Crippen LogP contribution in [0, 0.1) is 0 Å². The third-order valence-corrected chi connectivity index (χ3v) is 5.96. The van der Waals surface area contributed by atoms with Gasteiger partial charge in [-0.2, -0.15) is 11.8 Å². The average molecular weight is 287 g/mol. The molecule has 0 aromatic rings. The van der Waals surface area contributed by atoms with Crippen LogP contribution in [0.5, 0.6) is 0 Å². The first kappa shape index (κ1) is 15.6. The van der Waals surface area contributed by atoms with Crippen LogP contribution in [0.1, 0.15) is 51.9 Å². The highest BCUT2D eigenvalue weighted by Gasteiger charge is 2.38. The minimum Gasteiger partial charge on any atom is -0.395 e. The van der Waals surface area contributed by atoms with Gasteiger partial charge in [0.25, 0.3) is 0 Å². The van der Waals surface area contributed by atoms with E-state index in [2.05, 4.69) is 18.5 Å². The molecule has 0 bridgehead atoms. The number of rotatable bonds is 5. The van der Waals surface area contributed by atoms with E-state index in [1.807, 2.05) is 0 Å². The fraction of sp³-hybridized carbons (Fsp3) is 1.00. The highest BCUT2D eigenvalue weighted by Crippen LogP contribution is 2.38. The van der Waals surface area contributed by atoms with Crippen molar-refractivity contribution in [3.05, 3.63) is 0 Å². The summed E-state index contributed by atoms with van der Waals surface area (Å²) in [6.45, 7) is 3.34. The number of thioether (sulfide) groups is 1. The van der Waals surface area contributed by atoms with Crippen LogP contribution < -0.4 is 5.32 Å². The third kappa shape index (κ3) is 4.10. The predicted molar refractivity (Wildman–Crippen MR) is 81.8 cm³/mol. The van der Waals surface area contributed by atoms with Gasteiger partial charge >= 0.3 is 0 Å². The number of hydrogen-bond donors (Lipinski definition) is 2. The van der Waals surface area contributed by atoms with Gasteiger partial charge < -0.3 is 15.2 Å². The second-order valence-electron chi connectivity index (χ2n) is 6.19. The van der Waals surface area contributed by atoms with Gasteiger partial charge in [0.1, 0.15) is 0 Å². The van der Waals surface area contributed by atoms with E-state index in [1.165, 1.54) is 32.1 Å². The summed E-state index contributed by atoms with van der Waals surface area (Å²) in [5, 5.41) is 13.4. The fourth-order valence-electron chi connectivity index (χ4n) is 3.63. The Morgan fingerprint density at radius 1 is 1.37 bits per heavy atom. The summed E-state index contributed by atoms with van der Waals surface area (Å²) >= 11 is 1.75. The Hall–Kier alpha value is 0.230. The van der Waals surface area contributed by atoms with Gasteiger partial charge in [-0.15, -0.1) is 0 Å². The number of aliphatic hydroxyl groups excluding tert-OH is 1. The highest BCUT2D eigenvalue weighted by atomic mass is 32.2. The lowest BCUT2D eigenvalue weighted by Crippen LogP contribution is -2.52. The molecule has 2 N–H and O–H groups in total. The fourth-order valence-corrected chi connectivity index (χ4v) is 4.27. The zero-order valence-electron chi connectivity index (χ0n) is 12.4. The lowest BCUT2D eigenvalue weighted by molar-refractivity contribution is -0.110. The summed E-state index contributed by atoms with van der Waals surface area (Å²) in [6.07, 6.45) is 10.8. The molecule has 3 nitrogen and oxygen atoms in total. The van der Waals surface area contributed by atoms with E-state index in [4.69, 9.17) is 4.74 Å². The van der Waals surface area contributed by atoms with Crippen molar-refractivity contribution in [2.24, 2.45) is 0 Å². The summed E-state index contributed by atoms with van der Waals surface area (Å²) in [5.41, 5.74) is 0.169. The van der Waals surface area contributed by atoms with Crippen molar-refractivity contribution in [1.29, 1.82) is 0 Å². The molecule has 1 saturated carbocycles. The molecule has 2 rings (SSSR count). The minimum absolute atomic E-state index is 0.169. The molecular formula is C15H29NO2S. The second-order valence-corrected chi connectivity index (χ2v) is 7.27. The molecule has 3 unspecified atom stereocenters. The molecule has 1 aliphatic heterocycles. The average Bonchev–Trinajstić information content (AvgIpc) is 2.41. The molecule has 1 spiro atoms. The van der Waals surface area contributed by atoms with Gasteiger partial charge in [0, 0.05) is 23.9 Å². The Morgan fingerprint density at radius 2 is 2.11 bits per heavy atom. The number of aliphatic hydroxyl groups is 1. The van der Waals surface area contributed by atoms with Gasteiger partial charge in [-0.3, -0.25) is 0 Å². The maximum absolute atomic E-state index is 9.38. The first-order valence-electron chi connectivity index (χ1n) is 7.73. The smallest absolute Gasteiger partial charge is 0.0697 e. The lowest BCUT2D eigenvalue weighted by atomic mass is 9.78. The predicted octanol–water partition coefficient (Wildman–Crippen LogP) is 2.57. The number of hydrogen-bond acceptors (Lipinski definition) is 4. The first-order chi connectivity index (χ1) is 9.19. The number of ether oxygens (including phenoxy) is 1. The molecule has 0 radical (unpaired) electrons. The monoisotopic (exact) mass is 287 g/mol. The van der Waals surface area contributed by atoms with E-state index in [-0.39, 0.29) is 12.2 Å². The van der Waals surface area contributed by atoms with Crippen LogP contribution in [0.3, 0.4) is 0 Å². The van der Waals surface area contributed by atoms with Crippen LogP contribution in [-0.2, 0) is 4.74 Å². The van der Waals surface area contributed by atoms with Crippen molar-refractivity contribution >= 4 is 11.8 Å². The van der Waals surface area contributed by atoms with Gasteiger partial charge in [0.2, 0.25) is 0 Å². The molecular weight excluding hydrogens is 258 g/mol. The SMILES string of the molecule is CSC(CO)C(C)NC1CCOC2(CCCCC2)C1. The molecule has 112 valence electrons. The van der Waals surface area contributed by atoms with Gasteiger partial charge in [0.05, 0.1) is 12.2 Å². The molecule has 1 saturated heterocycles. The Labute approximate surface area is 121 Å². The maximum Gasteiger partial charge on any atom is 0.0697 e. The second kappa shape index (κ2) is 7.30. The van der Waals surface area contributed by atoms with E-state index in [1.54, 1.807) is 11.8 Å². The molecule has 0 aromatic carbocycles. The van der Waals surface area contributed by atoms with Crippen molar-refractivity contribution in [2.45, 2.75) is 74.8 Å². The van der Waals surface area contributed by atoms with Crippen molar-refractivity contribution in [3.8, 4) is 0 Å². The molecule has 1 aliphatic carbocycles. The van der Waals surface area contributed by atoms with E-state index in [9.17, 15) is 5.11 Å². The largest absolute Gasteiger partial charge is 0.395 e. The first-order valence-corrected chi connectivity index (χ1v) is 9.01. The van der Waals surface area contributed by atoms with E-state index < -0.39 is 0 Å². The van der Waals surface area contributed by atoms with E-state index in [0.717, 1.165) is 19.4 Å². The molecule has 4 heteroatoms. The molecule has 1 heterocycles. The van der Waals surface area contributed by atoms with Crippen LogP contribution in [0.4, 0.5) is 0 Å². The van der Waals surface area contributed by atoms with Crippen LogP contribution >= 0.6 is 11.8 Å². The highest BCUT2D eigenvalue weighted by molar-refractivity contribution is 7.99. The van der Waals surface area contributed by atoms with Crippen LogP contribution in [-0.4, -0.2) is 47.5 Å². The summed E-state index contributed by atoms with van der Waals surface area (Å²) in [4.78, 5) is 0. The quantitative estimate of drug-likeness (QED) is 0.815. The summed E-state index contributed by atoms with van der Waals surface area (Å²) in [7, 11) is 0. The van der Waals surface area contributed by atoms with E-state index in [0.29, 0.717) is 17.3 Å². The summed E-state index contributed by atoms with van der Waals surface area (Å²) in [5.74, 6) is 0. The molecule has 19 heavy (non-hydrogen) atoms. The standard InChI is InChI=1S/C15H29NO2S/c1-12(14(11-17)19-2)16-13-6-9-18-15(10-13)7-4-3-5-8-15/h12-14,16-17H,3-11H2,1-2H3. The third-order valence-electron chi connectivity index (χ3n) is 4.80. The lowest BCUT2D eigenvalue weighted by Gasteiger charge is -2.44. The van der Waals surface area contributed by atoms with Gasteiger partial charge in [0.15, 0.2) is 0 Å². The van der Waals surface area contributed by atoms with E-state index >= 15 is 0 Å². The Bertz CT molecular complexity index is 259. The molecule has 0 amide bonds. The van der Waals surface area contributed by atoms with Gasteiger partial charge in [-0.25, -0.2) is 0 Å².